The number of nitrogens with zero attached hydrogens (tertiary/aromatic N) is 1. The molecule has 1 aliphatic rings. The minimum atomic E-state index is -1.04. The maximum absolute atomic E-state index is 12.6. The first kappa shape index (κ1) is 22.2. The third kappa shape index (κ3) is 4.50. The molecule has 0 spiro atoms. The Kier molecular flexibility index (Phi) is 6.53. The molecule has 0 fully saturated rings. The first-order chi connectivity index (χ1) is 14.7. The number of hydrogen-bond acceptors (Lipinski definition) is 5. The molecular weight excluding hydrogens is 396 g/mol. The number of benzene rings is 2. The molecule has 1 N–H and O–H groups in total. The lowest BCUT2D eigenvalue weighted by atomic mass is 10.1. The van der Waals surface area contributed by atoms with Crippen molar-refractivity contribution in [3.05, 3.63) is 64.2 Å². The molecule has 0 unspecified atom stereocenters. The Morgan fingerprint density at radius 3 is 2.32 bits per heavy atom. The van der Waals surface area contributed by atoms with Gasteiger partial charge in [-0.1, -0.05) is 31.5 Å². The van der Waals surface area contributed by atoms with E-state index >= 15 is 0 Å². The van der Waals surface area contributed by atoms with Crippen LogP contribution < -0.4 is 5.32 Å². The van der Waals surface area contributed by atoms with E-state index in [4.69, 9.17) is 4.74 Å². The Bertz CT molecular complexity index is 1040. The van der Waals surface area contributed by atoms with Crippen molar-refractivity contribution in [2.45, 2.75) is 46.6 Å². The molecule has 7 nitrogen and oxygen atoms in total. The summed E-state index contributed by atoms with van der Waals surface area (Å²) in [7, 11) is 0. The Morgan fingerprint density at radius 1 is 1.03 bits per heavy atom. The van der Waals surface area contributed by atoms with Gasteiger partial charge in [0.2, 0.25) is 0 Å². The van der Waals surface area contributed by atoms with Crippen molar-refractivity contribution < 1.29 is 23.9 Å². The van der Waals surface area contributed by atoms with Crippen LogP contribution in [0.15, 0.2) is 36.4 Å². The standard InChI is InChI=1S/C24H26N2O5/c1-5-6-12-26-22(28)18-11-10-17(13-19(18)23(26)29)24(30)31-16(4)21(27)25-20-14(2)8-7-9-15(20)3/h7-11,13,16H,5-6,12H2,1-4H3,(H,25,27)/t16-/m1/s1. The summed E-state index contributed by atoms with van der Waals surface area (Å²) < 4.78 is 5.30. The number of carbonyl (C=O) groups is 4. The third-order valence-electron chi connectivity index (χ3n) is 5.32. The normalized spacial score (nSPS) is 13.7. The van der Waals surface area contributed by atoms with Gasteiger partial charge in [-0.05, 0) is 56.5 Å². The zero-order valence-corrected chi connectivity index (χ0v) is 18.2. The Morgan fingerprint density at radius 2 is 1.68 bits per heavy atom. The third-order valence-corrected chi connectivity index (χ3v) is 5.32. The number of hydrogen-bond donors (Lipinski definition) is 1. The number of rotatable bonds is 7. The lowest BCUT2D eigenvalue weighted by Crippen LogP contribution is -2.30. The van der Waals surface area contributed by atoms with Crippen LogP contribution in [0.5, 0.6) is 0 Å². The number of imide groups is 1. The summed E-state index contributed by atoms with van der Waals surface area (Å²) in [6.45, 7) is 7.56. The summed E-state index contributed by atoms with van der Waals surface area (Å²) in [6, 6.07) is 9.91. The Balaban J connectivity index is 1.70. The maximum Gasteiger partial charge on any atom is 0.338 e. The molecule has 0 bridgehead atoms. The molecule has 2 aromatic rings. The first-order valence-electron chi connectivity index (χ1n) is 10.3. The summed E-state index contributed by atoms with van der Waals surface area (Å²) in [4.78, 5) is 51.3. The lowest BCUT2D eigenvalue weighted by Gasteiger charge is -2.16. The molecule has 1 aliphatic heterocycles. The largest absolute Gasteiger partial charge is 0.449 e. The molecule has 0 aromatic heterocycles. The molecule has 3 rings (SSSR count). The van der Waals surface area contributed by atoms with Gasteiger partial charge in [-0.3, -0.25) is 19.3 Å². The maximum atomic E-state index is 12.6. The number of fused-ring (bicyclic) bond motifs is 1. The predicted octanol–water partition coefficient (Wildman–Crippen LogP) is 3.88. The lowest BCUT2D eigenvalue weighted by molar-refractivity contribution is -0.123. The van der Waals surface area contributed by atoms with Gasteiger partial charge in [0.15, 0.2) is 6.10 Å². The first-order valence-corrected chi connectivity index (χ1v) is 10.3. The highest BCUT2D eigenvalue weighted by Gasteiger charge is 2.35. The average molecular weight is 422 g/mol. The zero-order valence-electron chi connectivity index (χ0n) is 18.2. The van der Waals surface area contributed by atoms with Crippen LogP contribution in [0.2, 0.25) is 0 Å². The highest BCUT2D eigenvalue weighted by Crippen LogP contribution is 2.25. The molecule has 3 amide bonds. The monoisotopic (exact) mass is 422 g/mol. The quantitative estimate of drug-likeness (QED) is 0.540. The van der Waals surface area contributed by atoms with E-state index in [1.165, 1.54) is 30.0 Å². The van der Waals surface area contributed by atoms with E-state index in [1.54, 1.807) is 0 Å². The minimum Gasteiger partial charge on any atom is -0.449 e. The van der Waals surface area contributed by atoms with Gasteiger partial charge in [0.25, 0.3) is 17.7 Å². The number of anilines is 1. The molecule has 31 heavy (non-hydrogen) atoms. The fraction of sp³-hybridized carbons (Fsp3) is 0.333. The fourth-order valence-electron chi connectivity index (χ4n) is 3.46. The second-order valence-corrected chi connectivity index (χ2v) is 7.68. The highest BCUT2D eigenvalue weighted by molar-refractivity contribution is 6.22. The SMILES string of the molecule is CCCCN1C(=O)c2ccc(C(=O)O[C@H](C)C(=O)Nc3c(C)cccc3C)cc2C1=O. The van der Waals surface area contributed by atoms with Gasteiger partial charge in [0.05, 0.1) is 16.7 Å². The van der Waals surface area contributed by atoms with Crippen LogP contribution >= 0.6 is 0 Å². The highest BCUT2D eigenvalue weighted by atomic mass is 16.5. The average Bonchev–Trinajstić information content (AvgIpc) is 2.98. The van der Waals surface area contributed by atoms with Crippen LogP contribution in [0.25, 0.3) is 0 Å². The summed E-state index contributed by atoms with van der Waals surface area (Å²) >= 11 is 0. The second-order valence-electron chi connectivity index (χ2n) is 7.68. The Labute approximate surface area is 181 Å². The van der Waals surface area contributed by atoms with Crippen molar-refractivity contribution in [1.29, 1.82) is 0 Å². The molecular formula is C24H26N2O5. The molecule has 162 valence electrons. The summed E-state index contributed by atoms with van der Waals surface area (Å²) in [5.41, 5.74) is 3.07. The van der Waals surface area contributed by atoms with Crippen LogP contribution in [0.4, 0.5) is 5.69 Å². The second kappa shape index (κ2) is 9.12. The molecule has 0 saturated carbocycles. The van der Waals surface area contributed by atoms with Crippen molar-refractivity contribution in [3.8, 4) is 0 Å². The summed E-state index contributed by atoms with van der Waals surface area (Å²) in [5.74, 6) is -1.96. The number of aryl methyl sites for hydroxylation is 2. The van der Waals surface area contributed by atoms with Crippen molar-refractivity contribution in [2.24, 2.45) is 0 Å². The summed E-state index contributed by atoms with van der Waals surface area (Å²) in [5, 5.41) is 2.79. The Hall–Kier alpha value is -3.48. The molecule has 2 aromatic carbocycles. The molecule has 0 radical (unpaired) electrons. The van der Waals surface area contributed by atoms with Crippen LogP contribution in [-0.4, -0.2) is 41.2 Å². The number of unbranched alkanes of at least 4 members (excludes halogenated alkanes) is 1. The van der Waals surface area contributed by atoms with Crippen molar-refractivity contribution in [3.63, 3.8) is 0 Å². The van der Waals surface area contributed by atoms with Crippen LogP contribution in [0.3, 0.4) is 0 Å². The van der Waals surface area contributed by atoms with Gasteiger partial charge in [-0.25, -0.2) is 4.79 Å². The molecule has 1 atom stereocenters. The van der Waals surface area contributed by atoms with Gasteiger partial charge in [0.1, 0.15) is 0 Å². The van der Waals surface area contributed by atoms with E-state index in [9.17, 15) is 19.2 Å². The number of ether oxygens (including phenoxy) is 1. The summed E-state index contributed by atoms with van der Waals surface area (Å²) in [6.07, 6.45) is 0.526. The molecule has 7 heteroatoms. The number of nitrogens with one attached hydrogen (secondary N) is 1. The van der Waals surface area contributed by atoms with Crippen LogP contribution in [-0.2, 0) is 9.53 Å². The predicted molar refractivity (Wildman–Crippen MR) is 116 cm³/mol. The van der Waals surface area contributed by atoms with E-state index in [0.717, 1.165) is 17.5 Å². The van der Waals surface area contributed by atoms with E-state index in [1.807, 2.05) is 39.0 Å². The molecule has 0 saturated heterocycles. The van der Waals surface area contributed by atoms with Gasteiger partial charge in [-0.2, -0.15) is 0 Å². The zero-order chi connectivity index (χ0) is 22.7. The van der Waals surface area contributed by atoms with Gasteiger partial charge in [-0.15, -0.1) is 0 Å². The van der Waals surface area contributed by atoms with E-state index < -0.39 is 23.9 Å². The number of amides is 3. The number of para-hydroxylation sites is 1. The minimum absolute atomic E-state index is 0.115. The van der Waals surface area contributed by atoms with Gasteiger partial charge < -0.3 is 10.1 Å². The smallest absolute Gasteiger partial charge is 0.338 e. The van der Waals surface area contributed by atoms with E-state index in [0.29, 0.717) is 18.7 Å². The van der Waals surface area contributed by atoms with Crippen LogP contribution in [0, 0.1) is 13.8 Å². The van der Waals surface area contributed by atoms with E-state index in [-0.39, 0.29) is 22.6 Å². The van der Waals surface area contributed by atoms with Crippen molar-refractivity contribution >= 4 is 29.4 Å². The van der Waals surface area contributed by atoms with Crippen molar-refractivity contribution in [2.75, 3.05) is 11.9 Å². The van der Waals surface area contributed by atoms with Gasteiger partial charge >= 0.3 is 5.97 Å². The van der Waals surface area contributed by atoms with Crippen molar-refractivity contribution in [1.82, 2.24) is 4.90 Å². The fourth-order valence-corrected chi connectivity index (χ4v) is 3.46. The topological polar surface area (TPSA) is 92.8 Å². The molecule has 1 heterocycles. The van der Waals surface area contributed by atoms with E-state index in [2.05, 4.69) is 5.32 Å². The van der Waals surface area contributed by atoms with Gasteiger partial charge in [0, 0.05) is 12.2 Å². The number of carbonyl (C=O) groups excluding carboxylic acids is 4. The molecule has 0 aliphatic carbocycles. The number of esters is 1. The van der Waals surface area contributed by atoms with Crippen LogP contribution in [0.1, 0.15) is 68.9 Å².